The number of ether oxygens (including phenoxy) is 1. The van der Waals surface area contributed by atoms with Crippen molar-refractivity contribution in [3.63, 3.8) is 0 Å². The quantitative estimate of drug-likeness (QED) is 0.715. The number of nitrogens with one attached hydrogen (secondary N) is 1. The largest absolute Gasteiger partial charge is 0.452 e. The summed E-state index contributed by atoms with van der Waals surface area (Å²) < 4.78 is 10.2. The predicted octanol–water partition coefficient (Wildman–Crippen LogP) is 2.58. The summed E-state index contributed by atoms with van der Waals surface area (Å²) in [6.45, 7) is 6.29. The van der Waals surface area contributed by atoms with Crippen molar-refractivity contribution < 1.29 is 23.6 Å². The number of Topliss-reactive ketones (excluding diaryl/α,β-unsaturated/α-hetero) is 1. The molecule has 1 N–H and O–H groups in total. The van der Waals surface area contributed by atoms with Gasteiger partial charge in [-0.1, -0.05) is 49.3 Å². The van der Waals surface area contributed by atoms with Gasteiger partial charge in [0.1, 0.15) is 5.56 Å². The number of esters is 1. The highest BCUT2D eigenvalue weighted by atomic mass is 16.5. The fraction of sp³-hybridized carbons (Fsp3) is 0.400. The van der Waals surface area contributed by atoms with E-state index < -0.39 is 24.5 Å². The van der Waals surface area contributed by atoms with Gasteiger partial charge >= 0.3 is 5.97 Å². The lowest BCUT2D eigenvalue weighted by molar-refractivity contribution is -0.128. The number of nitrogens with zero attached hydrogens (tertiary/aromatic N) is 1. The summed E-state index contributed by atoms with van der Waals surface area (Å²) in [6, 6.07) is 8.69. The second kappa shape index (κ2) is 9.12. The normalized spacial score (nSPS) is 11.9. The SMILES string of the molecule is CC(=O)[C@@H](Cc1ccccc1)NC(=O)COC(=O)c1c(C)noc1C(C)C. The zero-order chi connectivity index (χ0) is 20.0. The Labute approximate surface area is 158 Å². The van der Waals surface area contributed by atoms with E-state index in [1.165, 1.54) is 6.92 Å². The van der Waals surface area contributed by atoms with Crippen LogP contribution in [0.3, 0.4) is 0 Å². The summed E-state index contributed by atoms with van der Waals surface area (Å²) in [4.78, 5) is 36.3. The Morgan fingerprint density at radius 3 is 2.44 bits per heavy atom. The number of aryl methyl sites for hydroxylation is 1. The first-order chi connectivity index (χ1) is 12.8. The summed E-state index contributed by atoms with van der Waals surface area (Å²) in [5, 5.41) is 6.40. The van der Waals surface area contributed by atoms with E-state index in [2.05, 4.69) is 10.5 Å². The van der Waals surface area contributed by atoms with Gasteiger partial charge in [-0.2, -0.15) is 0 Å². The Hall–Kier alpha value is -2.96. The van der Waals surface area contributed by atoms with Gasteiger partial charge in [-0.05, 0) is 25.8 Å². The lowest BCUT2D eigenvalue weighted by atomic mass is 10.0. The number of rotatable bonds is 8. The van der Waals surface area contributed by atoms with Crippen LogP contribution < -0.4 is 5.32 Å². The van der Waals surface area contributed by atoms with Crippen LogP contribution in [0.25, 0.3) is 0 Å². The van der Waals surface area contributed by atoms with E-state index in [0.717, 1.165) is 5.56 Å². The van der Waals surface area contributed by atoms with Gasteiger partial charge in [0, 0.05) is 5.92 Å². The van der Waals surface area contributed by atoms with E-state index in [1.54, 1.807) is 6.92 Å². The van der Waals surface area contributed by atoms with Crippen molar-refractivity contribution in [1.82, 2.24) is 10.5 Å². The third-order valence-corrected chi connectivity index (χ3v) is 4.06. The van der Waals surface area contributed by atoms with E-state index in [-0.39, 0.29) is 17.3 Å². The van der Waals surface area contributed by atoms with Crippen molar-refractivity contribution in [3.8, 4) is 0 Å². The minimum absolute atomic E-state index is 0.0458. The summed E-state index contributed by atoms with van der Waals surface area (Å²) >= 11 is 0. The van der Waals surface area contributed by atoms with Crippen LogP contribution in [0.4, 0.5) is 0 Å². The number of amides is 1. The molecule has 2 aromatic rings. The molecule has 7 heteroatoms. The Kier molecular flexibility index (Phi) is 6.87. The molecule has 1 aromatic heterocycles. The summed E-state index contributed by atoms with van der Waals surface area (Å²) in [6.07, 6.45) is 0.373. The van der Waals surface area contributed by atoms with Crippen LogP contribution in [-0.4, -0.2) is 35.5 Å². The fourth-order valence-electron chi connectivity index (χ4n) is 2.62. The molecule has 0 fully saturated rings. The number of ketones is 1. The lowest BCUT2D eigenvalue weighted by Gasteiger charge is -2.16. The van der Waals surface area contributed by atoms with E-state index in [4.69, 9.17) is 9.26 Å². The Balaban J connectivity index is 1.95. The molecule has 144 valence electrons. The van der Waals surface area contributed by atoms with Crippen LogP contribution in [0, 0.1) is 6.92 Å². The van der Waals surface area contributed by atoms with Gasteiger partial charge in [-0.25, -0.2) is 4.79 Å². The Morgan fingerprint density at radius 2 is 1.85 bits per heavy atom. The maximum Gasteiger partial charge on any atom is 0.344 e. The molecule has 0 aliphatic carbocycles. The third-order valence-electron chi connectivity index (χ3n) is 4.06. The van der Waals surface area contributed by atoms with Gasteiger partial charge in [-0.3, -0.25) is 9.59 Å². The maximum atomic E-state index is 12.3. The van der Waals surface area contributed by atoms with Gasteiger partial charge < -0.3 is 14.6 Å². The second-order valence-corrected chi connectivity index (χ2v) is 6.66. The van der Waals surface area contributed by atoms with Gasteiger partial charge in [0.25, 0.3) is 5.91 Å². The number of benzene rings is 1. The smallest absolute Gasteiger partial charge is 0.344 e. The highest BCUT2D eigenvalue weighted by Crippen LogP contribution is 2.22. The van der Waals surface area contributed by atoms with E-state index in [9.17, 15) is 14.4 Å². The van der Waals surface area contributed by atoms with Crippen LogP contribution in [0.2, 0.25) is 0 Å². The monoisotopic (exact) mass is 372 g/mol. The standard InChI is InChI=1S/C20H24N2O5/c1-12(2)19-18(13(3)22-27-19)20(25)26-11-17(24)21-16(14(4)23)10-15-8-6-5-7-9-15/h5-9,12,16H,10-11H2,1-4H3,(H,21,24)/t16-/m1/s1. The molecular weight excluding hydrogens is 348 g/mol. The third kappa shape index (κ3) is 5.51. The van der Waals surface area contributed by atoms with Gasteiger partial charge in [0.05, 0.1) is 11.7 Å². The lowest BCUT2D eigenvalue weighted by Crippen LogP contribution is -2.43. The number of aromatic nitrogens is 1. The van der Waals surface area contributed by atoms with Crippen LogP contribution in [0.1, 0.15) is 54.1 Å². The van der Waals surface area contributed by atoms with Crippen molar-refractivity contribution in [2.45, 2.75) is 46.1 Å². The molecule has 1 atom stereocenters. The average molecular weight is 372 g/mol. The molecular formula is C20H24N2O5. The van der Waals surface area contributed by atoms with E-state index >= 15 is 0 Å². The molecule has 0 spiro atoms. The van der Waals surface area contributed by atoms with E-state index in [1.807, 2.05) is 44.2 Å². The first kappa shape index (κ1) is 20.4. The molecule has 2 rings (SSSR count). The van der Waals surface area contributed by atoms with Crippen molar-refractivity contribution in [3.05, 3.63) is 52.9 Å². The van der Waals surface area contributed by atoms with Gasteiger partial charge in [-0.15, -0.1) is 0 Å². The first-order valence-electron chi connectivity index (χ1n) is 8.76. The second-order valence-electron chi connectivity index (χ2n) is 6.66. The van der Waals surface area contributed by atoms with Crippen LogP contribution >= 0.6 is 0 Å². The van der Waals surface area contributed by atoms with Crippen molar-refractivity contribution in [2.24, 2.45) is 0 Å². The van der Waals surface area contributed by atoms with E-state index in [0.29, 0.717) is 17.9 Å². The zero-order valence-corrected chi connectivity index (χ0v) is 15.9. The van der Waals surface area contributed by atoms with Gasteiger partial charge in [0.2, 0.25) is 0 Å². The highest BCUT2D eigenvalue weighted by molar-refractivity contribution is 5.94. The fourth-order valence-corrected chi connectivity index (χ4v) is 2.62. The average Bonchev–Trinajstić information content (AvgIpc) is 3.02. The molecule has 0 saturated heterocycles. The van der Waals surface area contributed by atoms with Crippen LogP contribution in [0.5, 0.6) is 0 Å². The summed E-state index contributed by atoms with van der Waals surface area (Å²) in [5.41, 5.74) is 1.58. The summed E-state index contributed by atoms with van der Waals surface area (Å²) in [5.74, 6) is -1.01. The molecule has 0 aliphatic rings. The molecule has 7 nitrogen and oxygen atoms in total. The Bertz CT molecular complexity index is 811. The van der Waals surface area contributed by atoms with Crippen molar-refractivity contribution in [2.75, 3.05) is 6.61 Å². The maximum absolute atomic E-state index is 12.3. The van der Waals surface area contributed by atoms with Crippen LogP contribution in [0.15, 0.2) is 34.9 Å². The number of carbonyl (C=O) groups is 3. The Morgan fingerprint density at radius 1 is 1.19 bits per heavy atom. The number of hydrogen-bond donors (Lipinski definition) is 1. The molecule has 0 bridgehead atoms. The minimum Gasteiger partial charge on any atom is -0.452 e. The topological polar surface area (TPSA) is 98.5 Å². The molecule has 1 aromatic carbocycles. The van der Waals surface area contributed by atoms with Crippen molar-refractivity contribution >= 4 is 17.7 Å². The zero-order valence-electron chi connectivity index (χ0n) is 15.9. The van der Waals surface area contributed by atoms with Gasteiger partial charge in [0.15, 0.2) is 18.2 Å². The minimum atomic E-state index is -0.679. The van der Waals surface area contributed by atoms with Crippen molar-refractivity contribution in [1.29, 1.82) is 0 Å². The molecule has 1 heterocycles. The highest BCUT2D eigenvalue weighted by Gasteiger charge is 2.25. The number of carbonyl (C=O) groups excluding carboxylic acids is 3. The summed E-state index contributed by atoms with van der Waals surface area (Å²) in [7, 11) is 0. The predicted molar refractivity (Wildman–Crippen MR) is 98.4 cm³/mol. The molecule has 0 unspecified atom stereocenters. The van der Waals surface area contributed by atoms with Crippen LogP contribution in [-0.2, 0) is 20.7 Å². The molecule has 27 heavy (non-hydrogen) atoms. The molecule has 1 amide bonds. The first-order valence-corrected chi connectivity index (χ1v) is 8.76. The molecule has 0 saturated carbocycles. The molecule has 0 aliphatic heterocycles. The molecule has 0 radical (unpaired) electrons. The number of hydrogen-bond acceptors (Lipinski definition) is 6.